The Balaban J connectivity index is 2.56. The van der Waals surface area contributed by atoms with Crippen molar-refractivity contribution >= 4 is 5.69 Å². The molecule has 5 nitrogen and oxygen atoms in total. The van der Waals surface area contributed by atoms with Gasteiger partial charge in [-0.1, -0.05) is 12.1 Å². The van der Waals surface area contributed by atoms with E-state index < -0.39 is 4.92 Å². The van der Waals surface area contributed by atoms with Gasteiger partial charge in [-0.3, -0.25) is 10.1 Å². The number of unbranched alkanes of at least 4 members (excludes halogenated alkanes) is 1. The molecule has 0 saturated heterocycles. The molecule has 0 spiro atoms. The van der Waals surface area contributed by atoms with Crippen LogP contribution in [0.15, 0.2) is 24.3 Å². The highest BCUT2D eigenvalue weighted by atomic mass is 16.6. The summed E-state index contributed by atoms with van der Waals surface area (Å²) in [5.74, 6) is 0. The maximum absolute atomic E-state index is 10.4. The average molecular weight is 224 g/mol. The summed E-state index contributed by atoms with van der Waals surface area (Å²) in [6, 6.07) is 6.17. The summed E-state index contributed by atoms with van der Waals surface area (Å²) >= 11 is 0. The van der Waals surface area contributed by atoms with Crippen LogP contribution in [-0.2, 0) is 0 Å². The molecule has 3 N–H and O–H groups in total. The van der Waals surface area contributed by atoms with Crippen molar-refractivity contribution in [2.24, 2.45) is 5.73 Å². The van der Waals surface area contributed by atoms with Crippen LogP contribution in [0.5, 0.6) is 0 Å². The second-order valence-electron chi connectivity index (χ2n) is 3.67. The lowest BCUT2D eigenvalue weighted by atomic mass is 10.0. The first-order valence-corrected chi connectivity index (χ1v) is 5.26. The highest BCUT2D eigenvalue weighted by Crippen LogP contribution is 2.19. The van der Waals surface area contributed by atoms with Crippen LogP contribution in [0.25, 0.3) is 0 Å². The predicted molar refractivity (Wildman–Crippen MR) is 61.0 cm³/mol. The zero-order valence-corrected chi connectivity index (χ0v) is 9.00. The van der Waals surface area contributed by atoms with E-state index in [1.807, 2.05) is 0 Å². The Morgan fingerprint density at radius 1 is 1.31 bits per heavy atom. The molecule has 88 valence electrons. The van der Waals surface area contributed by atoms with Crippen LogP contribution in [0, 0.1) is 10.1 Å². The van der Waals surface area contributed by atoms with Crippen LogP contribution in [0.4, 0.5) is 5.69 Å². The minimum Gasteiger partial charge on any atom is -0.396 e. The Hall–Kier alpha value is -1.46. The highest BCUT2D eigenvalue weighted by molar-refractivity contribution is 5.34. The Kier molecular flexibility index (Phi) is 4.88. The molecule has 1 aromatic carbocycles. The minimum atomic E-state index is -0.429. The van der Waals surface area contributed by atoms with Gasteiger partial charge in [-0.05, 0) is 24.8 Å². The van der Waals surface area contributed by atoms with E-state index in [1.165, 1.54) is 12.1 Å². The van der Waals surface area contributed by atoms with E-state index in [-0.39, 0.29) is 18.3 Å². The van der Waals surface area contributed by atoms with Crippen molar-refractivity contribution in [3.63, 3.8) is 0 Å². The fraction of sp³-hybridized carbons (Fsp3) is 0.455. The van der Waals surface area contributed by atoms with Crippen molar-refractivity contribution in [3.05, 3.63) is 39.9 Å². The van der Waals surface area contributed by atoms with E-state index in [2.05, 4.69) is 0 Å². The maximum Gasteiger partial charge on any atom is 0.269 e. The molecular weight excluding hydrogens is 208 g/mol. The Labute approximate surface area is 94.0 Å². The SMILES string of the molecule is N[C@H](CCCCO)c1ccc([N+](=O)[O-])cc1. The van der Waals surface area contributed by atoms with Gasteiger partial charge in [0.2, 0.25) is 0 Å². The molecule has 5 heteroatoms. The van der Waals surface area contributed by atoms with Gasteiger partial charge in [0.15, 0.2) is 0 Å². The van der Waals surface area contributed by atoms with Crippen LogP contribution in [0.1, 0.15) is 30.9 Å². The molecule has 0 heterocycles. The van der Waals surface area contributed by atoms with Crippen molar-refractivity contribution in [1.29, 1.82) is 0 Å². The molecule has 0 aliphatic rings. The summed E-state index contributed by atoms with van der Waals surface area (Å²) < 4.78 is 0. The molecular formula is C11H16N2O3. The van der Waals surface area contributed by atoms with Crippen LogP contribution in [0.2, 0.25) is 0 Å². The monoisotopic (exact) mass is 224 g/mol. The lowest BCUT2D eigenvalue weighted by Crippen LogP contribution is -2.10. The summed E-state index contributed by atoms with van der Waals surface area (Å²) in [5, 5.41) is 19.1. The third-order valence-corrected chi connectivity index (χ3v) is 2.46. The molecule has 0 radical (unpaired) electrons. The van der Waals surface area contributed by atoms with E-state index in [0.29, 0.717) is 0 Å². The van der Waals surface area contributed by atoms with Crippen LogP contribution < -0.4 is 5.73 Å². The molecule has 0 saturated carbocycles. The predicted octanol–water partition coefficient (Wildman–Crippen LogP) is 1.76. The topological polar surface area (TPSA) is 89.4 Å². The summed E-state index contributed by atoms with van der Waals surface area (Å²) in [7, 11) is 0. The Bertz CT molecular complexity index is 338. The number of nitrogens with two attached hydrogens (primary N) is 1. The lowest BCUT2D eigenvalue weighted by Gasteiger charge is -2.10. The Morgan fingerprint density at radius 2 is 1.94 bits per heavy atom. The van der Waals surface area contributed by atoms with Crippen molar-refractivity contribution in [1.82, 2.24) is 0 Å². The summed E-state index contributed by atoms with van der Waals surface area (Å²) in [6.45, 7) is 0.174. The molecule has 0 aliphatic carbocycles. The largest absolute Gasteiger partial charge is 0.396 e. The molecule has 0 bridgehead atoms. The summed E-state index contributed by atoms with van der Waals surface area (Å²) in [5.41, 5.74) is 6.88. The summed E-state index contributed by atoms with van der Waals surface area (Å²) in [4.78, 5) is 10.0. The second kappa shape index (κ2) is 6.19. The molecule has 16 heavy (non-hydrogen) atoms. The number of hydrogen-bond acceptors (Lipinski definition) is 4. The second-order valence-corrected chi connectivity index (χ2v) is 3.67. The number of nitro groups is 1. The maximum atomic E-state index is 10.4. The first-order valence-electron chi connectivity index (χ1n) is 5.26. The third kappa shape index (κ3) is 3.60. The molecule has 0 unspecified atom stereocenters. The molecule has 0 aromatic heterocycles. The molecule has 1 rings (SSSR count). The molecule has 0 aliphatic heterocycles. The zero-order chi connectivity index (χ0) is 12.0. The quantitative estimate of drug-likeness (QED) is 0.437. The number of hydrogen-bond donors (Lipinski definition) is 2. The number of benzene rings is 1. The number of aliphatic hydroxyl groups excluding tert-OH is 1. The van der Waals surface area contributed by atoms with E-state index in [9.17, 15) is 10.1 Å². The van der Waals surface area contributed by atoms with Gasteiger partial charge < -0.3 is 10.8 Å². The van der Waals surface area contributed by atoms with Gasteiger partial charge in [-0.25, -0.2) is 0 Å². The van der Waals surface area contributed by atoms with Crippen molar-refractivity contribution < 1.29 is 10.0 Å². The van der Waals surface area contributed by atoms with Gasteiger partial charge in [-0.15, -0.1) is 0 Å². The van der Waals surface area contributed by atoms with Gasteiger partial charge in [0.25, 0.3) is 5.69 Å². The van der Waals surface area contributed by atoms with Crippen molar-refractivity contribution in [2.45, 2.75) is 25.3 Å². The van der Waals surface area contributed by atoms with E-state index >= 15 is 0 Å². The van der Waals surface area contributed by atoms with Gasteiger partial charge in [0.05, 0.1) is 4.92 Å². The minimum absolute atomic E-state index is 0.0753. The lowest BCUT2D eigenvalue weighted by molar-refractivity contribution is -0.384. The number of nitro benzene ring substituents is 1. The van der Waals surface area contributed by atoms with Crippen LogP contribution in [-0.4, -0.2) is 16.6 Å². The molecule has 1 aromatic rings. The average Bonchev–Trinajstić information content (AvgIpc) is 2.29. The molecule has 0 amide bonds. The molecule has 1 atom stereocenters. The third-order valence-electron chi connectivity index (χ3n) is 2.46. The fourth-order valence-corrected chi connectivity index (χ4v) is 1.49. The van der Waals surface area contributed by atoms with Crippen molar-refractivity contribution in [2.75, 3.05) is 6.61 Å². The van der Waals surface area contributed by atoms with Gasteiger partial charge in [0, 0.05) is 24.8 Å². The van der Waals surface area contributed by atoms with Crippen LogP contribution >= 0.6 is 0 Å². The van der Waals surface area contributed by atoms with E-state index in [4.69, 9.17) is 10.8 Å². The highest BCUT2D eigenvalue weighted by Gasteiger charge is 2.08. The normalized spacial score (nSPS) is 12.4. The van der Waals surface area contributed by atoms with Gasteiger partial charge >= 0.3 is 0 Å². The number of nitrogens with zero attached hydrogens (tertiary/aromatic N) is 1. The molecule has 0 fully saturated rings. The first-order chi connectivity index (χ1) is 7.65. The van der Waals surface area contributed by atoms with Crippen LogP contribution in [0.3, 0.4) is 0 Å². The Morgan fingerprint density at radius 3 is 2.44 bits per heavy atom. The summed E-state index contributed by atoms with van der Waals surface area (Å²) in [6.07, 6.45) is 2.37. The number of non-ortho nitro benzene ring substituents is 1. The van der Waals surface area contributed by atoms with Gasteiger partial charge in [-0.2, -0.15) is 0 Å². The van der Waals surface area contributed by atoms with Crippen molar-refractivity contribution in [3.8, 4) is 0 Å². The number of rotatable bonds is 6. The standard InChI is InChI=1S/C11H16N2O3/c12-11(3-1-2-8-14)9-4-6-10(7-5-9)13(15)16/h4-7,11,14H,1-3,8,12H2/t11-/m1/s1. The number of aliphatic hydroxyl groups is 1. The smallest absolute Gasteiger partial charge is 0.269 e. The van der Waals surface area contributed by atoms with E-state index in [1.54, 1.807) is 12.1 Å². The van der Waals surface area contributed by atoms with Gasteiger partial charge in [0.1, 0.15) is 0 Å². The fourth-order valence-electron chi connectivity index (χ4n) is 1.49. The van der Waals surface area contributed by atoms with E-state index in [0.717, 1.165) is 24.8 Å². The zero-order valence-electron chi connectivity index (χ0n) is 9.00. The first kappa shape index (κ1) is 12.6.